The molecule has 8 nitrogen and oxygen atoms in total. The fourth-order valence-electron chi connectivity index (χ4n) is 5.91. The Morgan fingerprint density at radius 1 is 1.09 bits per heavy atom. The largest absolute Gasteiger partial charge is 0.497 e. The number of piperazine rings is 1. The minimum atomic E-state index is -0.955. The van der Waals surface area contributed by atoms with Crippen LogP contribution >= 0.6 is 0 Å². The highest BCUT2D eigenvalue weighted by molar-refractivity contribution is 6.03. The molecule has 2 fully saturated rings. The smallest absolute Gasteiger partial charge is 0.271 e. The molecule has 3 aliphatic rings. The van der Waals surface area contributed by atoms with E-state index in [1.807, 2.05) is 40.7 Å². The molecule has 0 bridgehead atoms. The third-order valence-corrected chi connectivity index (χ3v) is 8.30. The van der Waals surface area contributed by atoms with Crippen LogP contribution in [0.3, 0.4) is 0 Å². The number of hydrogen-bond donors (Lipinski definition) is 1. The van der Waals surface area contributed by atoms with E-state index in [1.165, 1.54) is 6.42 Å². The zero-order chi connectivity index (χ0) is 24.6. The maximum absolute atomic E-state index is 13.9. The fraction of sp³-hybridized carbons (Fsp3) is 0.630. The highest BCUT2D eigenvalue weighted by Crippen LogP contribution is 2.34. The summed E-state index contributed by atoms with van der Waals surface area (Å²) in [4.78, 5) is 34.4. The van der Waals surface area contributed by atoms with Crippen LogP contribution < -0.4 is 10.1 Å². The van der Waals surface area contributed by atoms with Gasteiger partial charge in [0, 0.05) is 56.8 Å². The van der Waals surface area contributed by atoms with Gasteiger partial charge in [-0.3, -0.25) is 14.5 Å². The van der Waals surface area contributed by atoms with Gasteiger partial charge in [0.05, 0.1) is 19.2 Å². The van der Waals surface area contributed by atoms with E-state index in [1.54, 1.807) is 7.11 Å². The number of nitrogens with one attached hydrogen (secondary N) is 1. The molecule has 1 N–H and O–H groups in total. The molecule has 35 heavy (non-hydrogen) atoms. The first-order valence-electron chi connectivity index (χ1n) is 13.1. The van der Waals surface area contributed by atoms with Gasteiger partial charge >= 0.3 is 0 Å². The van der Waals surface area contributed by atoms with Gasteiger partial charge in [-0.1, -0.05) is 19.3 Å². The molecule has 2 aromatic rings. The number of carbonyl (C=O) groups excluding carboxylic acids is 2. The number of likely N-dealkylation sites (N-methyl/N-ethyl adjacent to an activating group) is 1. The lowest BCUT2D eigenvalue weighted by Crippen LogP contribution is -2.66. The second-order valence-electron chi connectivity index (χ2n) is 10.7. The first kappa shape index (κ1) is 24.1. The van der Waals surface area contributed by atoms with Crippen molar-refractivity contribution in [2.75, 3.05) is 53.4 Å². The van der Waals surface area contributed by atoms with Gasteiger partial charge in [0.25, 0.3) is 5.91 Å². The van der Waals surface area contributed by atoms with E-state index in [9.17, 15) is 9.59 Å². The number of methoxy groups -OCH3 is 1. The van der Waals surface area contributed by atoms with Crippen LogP contribution in [-0.4, -0.2) is 96.1 Å². The Morgan fingerprint density at radius 3 is 2.54 bits per heavy atom. The summed E-state index contributed by atoms with van der Waals surface area (Å²) in [6.45, 7) is 7.75. The molecule has 8 heteroatoms. The van der Waals surface area contributed by atoms with Crippen molar-refractivity contribution in [3.63, 3.8) is 0 Å². The molecule has 0 radical (unpaired) electrons. The molecule has 3 heterocycles. The molecule has 0 unspecified atom stereocenters. The average Bonchev–Trinajstić information content (AvgIpc) is 3.23. The molecule has 5 rings (SSSR count). The molecule has 1 aliphatic carbocycles. The number of rotatable bonds is 6. The fourth-order valence-corrected chi connectivity index (χ4v) is 5.91. The van der Waals surface area contributed by atoms with Gasteiger partial charge in [-0.15, -0.1) is 0 Å². The summed E-state index contributed by atoms with van der Waals surface area (Å²) in [7, 11) is 3.79. The normalized spacial score (nSPS) is 24.5. The minimum absolute atomic E-state index is 0.0356. The topological polar surface area (TPSA) is 70.1 Å². The lowest BCUT2D eigenvalue weighted by molar-refractivity contribution is -0.134. The van der Waals surface area contributed by atoms with E-state index in [2.05, 4.69) is 22.2 Å². The van der Waals surface area contributed by atoms with Crippen LogP contribution in [0.4, 0.5) is 0 Å². The number of carbonyl (C=O) groups is 2. The van der Waals surface area contributed by atoms with Gasteiger partial charge in [0.15, 0.2) is 0 Å². The van der Waals surface area contributed by atoms with E-state index in [4.69, 9.17) is 4.74 Å². The monoisotopic (exact) mass is 481 g/mol. The molecule has 1 saturated heterocycles. The Balaban J connectivity index is 1.46. The van der Waals surface area contributed by atoms with Crippen molar-refractivity contribution in [2.24, 2.45) is 0 Å². The van der Waals surface area contributed by atoms with Crippen LogP contribution in [0, 0.1) is 0 Å². The maximum atomic E-state index is 13.9. The van der Waals surface area contributed by atoms with Gasteiger partial charge in [0.1, 0.15) is 17.0 Å². The molecule has 1 aromatic heterocycles. The summed E-state index contributed by atoms with van der Waals surface area (Å²) in [6, 6.07) is 8.02. The summed E-state index contributed by atoms with van der Waals surface area (Å²) >= 11 is 0. The molecule has 0 spiro atoms. The van der Waals surface area contributed by atoms with Crippen LogP contribution in [0.25, 0.3) is 10.9 Å². The maximum Gasteiger partial charge on any atom is 0.271 e. The first-order valence-corrected chi connectivity index (χ1v) is 13.1. The van der Waals surface area contributed by atoms with E-state index in [0.717, 1.165) is 75.1 Å². The van der Waals surface area contributed by atoms with Crippen LogP contribution in [0.15, 0.2) is 24.3 Å². The van der Waals surface area contributed by atoms with Gasteiger partial charge in [-0.2, -0.15) is 0 Å². The first-order chi connectivity index (χ1) is 16.9. The van der Waals surface area contributed by atoms with Crippen LogP contribution in [0.2, 0.25) is 0 Å². The van der Waals surface area contributed by atoms with Crippen molar-refractivity contribution in [1.29, 1.82) is 0 Å². The Bertz CT molecular complexity index is 1080. The van der Waals surface area contributed by atoms with Crippen molar-refractivity contribution in [3.05, 3.63) is 30.0 Å². The van der Waals surface area contributed by atoms with Gasteiger partial charge in [-0.05, 0) is 45.0 Å². The van der Waals surface area contributed by atoms with E-state index < -0.39 is 5.54 Å². The highest BCUT2D eigenvalue weighted by Gasteiger charge is 2.48. The van der Waals surface area contributed by atoms with Crippen molar-refractivity contribution in [3.8, 4) is 5.75 Å². The van der Waals surface area contributed by atoms with E-state index in [0.29, 0.717) is 18.8 Å². The Hall–Kier alpha value is -2.58. The third kappa shape index (κ3) is 4.66. The van der Waals surface area contributed by atoms with Crippen molar-refractivity contribution >= 4 is 22.7 Å². The SMILES string of the molecule is COc1ccc2cc3n(c2c1)C[C@@](C)(C(=O)NC1CCCCC1)N(CCN1CCN(C)CC1)C3=O. The average molecular weight is 482 g/mol. The number of hydrogen-bond acceptors (Lipinski definition) is 5. The van der Waals surface area contributed by atoms with Crippen LogP contribution in [0.5, 0.6) is 5.75 Å². The molecule has 1 saturated carbocycles. The van der Waals surface area contributed by atoms with E-state index >= 15 is 0 Å². The van der Waals surface area contributed by atoms with Gasteiger partial charge in [0.2, 0.25) is 5.91 Å². The molecular formula is C27H39N5O3. The predicted molar refractivity (Wildman–Crippen MR) is 137 cm³/mol. The molecule has 2 aliphatic heterocycles. The third-order valence-electron chi connectivity index (χ3n) is 8.30. The lowest BCUT2D eigenvalue weighted by Gasteiger charge is -2.45. The predicted octanol–water partition coefficient (Wildman–Crippen LogP) is 2.56. The van der Waals surface area contributed by atoms with Crippen LogP contribution in [-0.2, 0) is 11.3 Å². The Morgan fingerprint density at radius 2 is 1.83 bits per heavy atom. The Kier molecular flexibility index (Phi) is 6.77. The summed E-state index contributed by atoms with van der Waals surface area (Å²) in [6.07, 6.45) is 5.58. The summed E-state index contributed by atoms with van der Waals surface area (Å²) in [5.41, 5.74) is 0.626. The summed E-state index contributed by atoms with van der Waals surface area (Å²) < 4.78 is 7.47. The molecular weight excluding hydrogens is 442 g/mol. The second kappa shape index (κ2) is 9.82. The van der Waals surface area contributed by atoms with Crippen molar-refractivity contribution in [1.82, 2.24) is 24.6 Å². The minimum Gasteiger partial charge on any atom is -0.497 e. The van der Waals surface area contributed by atoms with Gasteiger partial charge in [-0.25, -0.2) is 0 Å². The zero-order valence-electron chi connectivity index (χ0n) is 21.4. The van der Waals surface area contributed by atoms with Crippen LogP contribution in [0.1, 0.15) is 49.5 Å². The molecule has 1 aromatic carbocycles. The number of aromatic nitrogens is 1. The second-order valence-corrected chi connectivity index (χ2v) is 10.7. The zero-order valence-corrected chi connectivity index (χ0v) is 21.4. The van der Waals surface area contributed by atoms with Gasteiger partial charge < -0.3 is 24.4 Å². The number of benzene rings is 1. The summed E-state index contributed by atoms with van der Waals surface area (Å²) in [5.74, 6) is 0.644. The standard InChI is InChI=1S/C27H39N5O3/c1-27(26(34)28-21-7-5-4-6-8-21)19-31-23-18-22(35-3)10-9-20(23)17-24(31)25(33)32(27)16-15-30-13-11-29(2)12-14-30/h9-10,17-18,21H,4-8,11-16,19H2,1-3H3,(H,28,34)/t27-/m0/s1. The highest BCUT2D eigenvalue weighted by atomic mass is 16.5. The number of nitrogens with zero attached hydrogens (tertiary/aromatic N) is 4. The number of fused-ring (bicyclic) bond motifs is 3. The lowest BCUT2D eigenvalue weighted by atomic mass is 9.91. The molecule has 190 valence electrons. The quantitative estimate of drug-likeness (QED) is 0.687. The summed E-state index contributed by atoms with van der Waals surface area (Å²) in [5, 5.41) is 4.32. The Labute approximate surface area is 208 Å². The molecule has 2 amide bonds. The number of amides is 2. The van der Waals surface area contributed by atoms with E-state index in [-0.39, 0.29) is 17.9 Å². The number of ether oxygens (including phenoxy) is 1. The molecule has 1 atom stereocenters. The van der Waals surface area contributed by atoms with Crippen molar-refractivity contribution < 1.29 is 14.3 Å². The van der Waals surface area contributed by atoms with Crippen molar-refractivity contribution in [2.45, 2.75) is 57.2 Å².